The lowest BCUT2D eigenvalue weighted by molar-refractivity contribution is -0.0400. The van der Waals surface area contributed by atoms with Gasteiger partial charge in [-0.25, -0.2) is 0 Å². The molecule has 2 N–H and O–H groups in total. The lowest BCUT2D eigenvalue weighted by Gasteiger charge is -2.35. The molecule has 5 nitrogen and oxygen atoms in total. The molecule has 1 aliphatic heterocycles. The predicted octanol–water partition coefficient (Wildman–Crippen LogP) is 3.08. The molecule has 0 spiro atoms. The van der Waals surface area contributed by atoms with E-state index in [0.29, 0.717) is 19.4 Å². The van der Waals surface area contributed by atoms with E-state index in [2.05, 4.69) is 37.8 Å². The lowest BCUT2D eigenvalue weighted by Crippen LogP contribution is -2.42. The molecule has 156 valence electrons. The van der Waals surface area contributed by atoms with Gasteiger partial charge in [-0.2, -0.15) is 0 Å². The third-order valence-electron chi connectivity index (χ3n) is 5.89. The van der Waals surface area contributed by atoms with Gasteiger partial charge in [0, 0.05) is 30.5 Å². The minimum Gasteiger partial charge on any atom is -0.491 e. The van der Waals surface area contributed by atoms with E-state index in [1.807, 2.05) is 36.4 Å². The maximum absolute atomic E-state index is 10.1. The van der Waals surface area contributed by atoms with Crippen molar-refractivity contribution in [1.29, 1.82) is 0 Å². The van der Waals surface area contributed by atoms with Crippen LogP contribution in [0.25, 0.3) is 0 Å². The summed E-state index contributed by atoms with van der Waals surface area (Å²) < 4.78 is 12.6. The summed E-state index contributed by atoms with van der Waals surface area (Å²) in [4.78, 5) is 2.37. The highest BCUT2D eigenvalue weighted by Crippen LogP contribution is 2.36. The molecule has 0 radical (unpaired) electrons. The Morgan fingerprint density at radius 1 is 1.00 bits per heavy atom. The van der Waals surface area contributed by atoms with Gasteiger partial charge in [0.2, 0.25) is 0 Å². The number of aliphatic hydroxyl groups excluding tert-OH is 2. The first-order valence-electron chi connectivity index (χ1n) is 10.4. The van der Waals surface area contributed by atoms with Gasteiger partial charge in [-0.3, -0.25) is 4.90 Å². The number of ether oxygens (including phenoxy) is 2. The highest BCUT2D eigenvalue weighted by molar-refractivity contribution is 5.43. The van der Waals surface area contributed by atoms with Gasteiger partial charge in [-0.15, -0.1) is 0 Å². The van der Waals surface area contributed by atoms with Gasteiger partial charge in [0.1, 0.15) is 24.7 Å². The van der Waals surface area contributed by atoms with Crippen LogP contribution in [0.2, 0.25) is 0 Å². The minimum atomic E-state index is -0.742. The van der Waals surface area contributed by atoms with Crippen LogP contribution in [0, 0.1) is 0 Å². The molecule has 2 aromatic rings. The Morgan fingerprint density at radius 3 is 2.45 bits per heavy atom. The van der Waals surface area contributed by atoms with Crippen LogP contribution in [0.4, 0.5) is 0 Å². The van der Waals surface area contributed by atoms with Gasteiger partial charge in [0.05, 0.1) is 12.2 Å². The van der Waals surface area contributed by atoms with Crippen LogP contribution in [0.3, 0.4) is 0 Å². The molecule has 1 aliphatic carbocycles. The average molecular weight is 398 g/mol. The zero-order valence-corrected chi connectivity index (χ0v) is 17.4. The number of rotatable bonds is 4. The Hall–Kier alpha value is -1.92. The quantitative estimate of drug-likeness (QED) is 0.830. The van der Waals surface area contributed by atoms with Crippen molar-refractivity contribution < 1.29 is 19.7 Å². The topological polar surface area (TPSA) is 62.2 Å². The molecule has 29 heavy (non-hydrogen) atoms. The zero-order valence-electron chi connectivity index (χ0n) is 17.4. The van der Waals surface area contributed by atoms with Gasteiger partial charge in [-0.05, 0) is 38.0 Å². The zero-order chi connectivity index (χ0) is 20.6. The van der Waals surface area contributed by atoms with Gasteiger partial charge in [-0.1, -0.05) is 42.5 Å². The van der Waals surface area contributed by atoms with Crippen molar-refractivity contribution in [3.63, 3.8) is 0 Å². The summed E-state index contributed by atoms with van der Waals surface area (Å²) in [6.45, 7) is 7.85. The first kappa shape index (κ1) is 20.4. The van der Waals surface area contributed by atoms with Crippen molar-refractivity contribution in [1.82, 2.24) is 4.90 Å². The molecule has 0 saturated carbocycles. The van der Waals surface area contributed by atoms with Crippen LogP contribution < -0.4 is 4.74 Å². The summed E-state index contributed by atoms with van der Waals surface area (Å²) in [5.74, 6) is 0.780. The van der Waals surface area contributed by atoms with Crippen LogP contribution in [0.15, 0.2) is 48.5 Å². The van der Waals surface area contributed by atoms with E-state index >= 15 is 0 Å². The first-order chi connectivity index (χ1) is 13.8. The second-order valence-corrected chi connectivity index (χ2v) is 9.09. The molecular formula is C24H31NO4. The maximum atomic E-state index is 10.1. The highest BCUT2D eigenvalue weighted by atomic mass is 16.6. The number of benzene rings is 2. The van der Waals surface area contributed by atoms with Crippen LogP contribution in [-0.4, -0.2) is 52.1 Å². The average Bonchev–Trinajstić information content (AvgIpc) is 3.13. The Morgan fingerprint density at radius 2 is 1.72 bits per heavy atom. The van der Waals surface area contributed by atoms with Crippen molar-refractivity contribution >= 4 is 0 Å². The van der Waals surface area contributed by atoms with Crippen LogP contribution in [0.1, 0.15) is 43.7 Å². The number of hydrogen-bond donors (Lipinski definition) is 2. The molecule has 5 heteroatoms. The number of nitrogens with zero attached hydrogens (tertiary/aromatic N) is 1. The van der Waals surface area contributed by atoms with Gasteiger partial charge < -0.3 is 19.7 Å². The van der Waals surface area contributed by atoms with Gasteiger partial charge >= 0.3 is 0 Å². The normalized spacial score (nSPS) is 27.6. The summed E-state index contributed by atoms with van der Waals surface area (Å²) in [6, 6.07) is 16.2. The third-order valence-corrected chi connectivity index (χ3v) is 5.89. The smallest absolute Gasteiger partial charge is 0.137 e. The molecule has 1 heterocycles. The Balaban J connectivity index is 1.48. The van der Waals surface area contributed by atoms with E-state index in [4.69, 9.17) is 9.47 Å². The number of aliphatic hydroxyl groups is 2. The van der Waals surface area contributed by atoms with E-state index in [-0.39, 0.29) is 17.9 Å². The molecule has 0 amide bonds. The van der Waals surface area contributed by atoms with E-state index in [0.717, 1.165) is 29.0 Å². The summed E-state index contributed by atoms with van der Waals surface area (Å²) in [5.41, 5.74) is 3.17. The summed E-state index contributed by atoms with van der Waals surface area (Å²) >= 11 is 0. The molecule has 4 atom stereocenters. The predicted molar refractivity (Wildman–Crippen MR) is 112 cm³/mol. The second kappa shape index (κ2) is 8.07. The molecule has 2 aliphatic rings. The van der Waals surface area contributed by atoms with Crippen molar-refractivity contribution in [2.45, 2.75) is 63.7 Å². The fraction of sp³-hybridized carbons (Fsp3) is 0.500. The standard InChI is InChI=1S/C24H31NO4/c1-24(2,3)25-14-18(29-23(25)16-8-5-4-6-9-16)15-28-22-11-7-10-17-12-20(26)21(27)13-19(17)22/h4-11,18,20-21,23,26-27H,12-15H2,1-3H3/t18-,20+,21-,23-/m1/s1. The van der Waals surface area contributed by atoms with Crippen molar-refractivity contribution in [3.8, 4) is 5.75 Å². The highest BCUT2D eigenvalue weighted by Gasteiger charge is 2.40. The van der Waals surface area contributed by atoms with Gasteiger partial charge in [0.15, 0.2) is 0 Å². The van der Waals surface area contributed by atoms with Crippen molar-refractivity contribution in [3.05, 3.63) is 65.2 Å². The first-order valence-corrected chi connectivity index (χ1v) is 10.4. The molecular weight excluding hydrogens is 366 g/mol. The third kappa shape index (κ3) is 4.33. The molecule has 1 fully saturated rings. The molecule has 2 aromatic carbocycles. The Kier molecular flexibility index (Phi) is 5.67. The number of hydrogen-bond acceptors (Lipinski definition) is 5. The molecule has 1 saturated heterocycles. The van der Waals surface area contributed by atoms with Crippen LogP contribution in [-0.2, 0) is 17.6 Å². The maximum Gasteiger partial charge on any atom is 0.137 e. The summed E-state index contributed by atoms with van der Waals surface area (Å²) in [5, 5.41) is 20.0. The largest absolute Gasteiger partial charge is 0.491 e. The van der Waals surface area contributed by atoms with E-state index in [9.17, 15) is 10.2 Å². The minimum absolute atomic E-state index is 0.0264. The fourth-order valence-corrected chi connectivity index (χ4v) is 4.27. The Labute approximate surface area is 172 Å². The monoisotopic (exact) mass is 397 g/mol. The number of fused-ring (bicyclic) bond motifs is 1. The van der Waals surface area contributed by atoms with E-state index in [1.165, 1.54) is 0 Å². The van der Waals surface area contributed by atoms with Crippen LogP contribution in [0.5, 0.6) is 5.75 Å². The Bertz CT molecular complexity index is 833. The van der Waals surface area contributed by atoms with Crippen LogP contribution >= 0.6 is 0 Å². The van der Waals surface area contributed by atoms with Gasteiger partial charge in [0.25, 0.3) is 0 Å². The van der Waals surface area contributed by atoms with Crippen molar-refractivity contribution in [2.24, 2.45) is 0 Å². The summed E-state index contributed by atoms with van der Waals surface area (Å²) in [6.07, 6.45) is -0.710. The van der Waals surface area contributed by atoms with Crippen molar-refractivity contribution in [2.75, 3.05) is 13.2 Å². The summed E-state index contributed by atoms with van der Waals surface area (Å²) in [7, 11) is 0. The van der Waals surface area contributed by atoms with E-state index in [1.54, 1.807) is 0 Å². The second-order valence-electron chi connectivity index (χ2n) is 9.09. The molecule has 0 bridgehead atoms. The molecule has 4 rings (SSSR count). The molecule has 0 unspecified atom stereocenters. The molecule has 0 aromatic heterocycles. The fourth-order valence-electron chi connectivity index (χ4n) is 4.27. The lowest BCUT2D eigenvalue weighted by atomic mass is 9.87. The SMILES string of the molecule is CC(C)(C)N1C[C@H](COc2cccc3c2C[C@@H](O)[C@@H](O)C3)O[C@@H]1c1ccccc1. The van der Waals surface area contributed by atoms with E-state index < -0.39 is 12.2 Å².